The number of esters is 1. The first-order valence-corrected chi connectivity index (χ1v) is 6.35. The lowest BCUT2D eigenvalue weighted by Crippen LogP contribution is -2.35. The summed E-state index contributed by atoms with van der Waals surface area (Å²) in [6.45, 7) is 8.07. The van der Waals surface area contributed by atoms with E-state index in [1.807, 2.05) is 0 Å². The average molecular weight is 274 g/mol. The molecule has 0 unspecified atom stereocenters. The number of carbonyl (C=O) groups excluding carboxylic acids is 1. The molecule has 4 nitrogen and oxygen atoms in total. The highest BCUT2D eigenvalue weighted by Gasteiger charge is 2.35. The van der Waals surface area contributed by atoms with Crippen LogP contribution in [0.25, 0.3) is 0 Å². The molecule has 0 fully saturated rings. The Morgan fingerprint density at radius 3 is 2.32 bits per heavy atom. The Hall–Kier alpha value is -1.39. The number of rotatable bonds is 8. The molecule has 0 amide bonds. The van der Waals surface area contributed by atoms with Gasteiger partial charge in [-0.3, -0.25) is 14.0 Å². The Bertz CT molecular complexity index is 320. The standard InChI is InChI=1S/C14H23FO4/c1-5-7-11(13(18)19-14(2,3)4)10(12(16)17)8-6-9-15/h5,10-11H,1,6-9H2,2-4H3,(H,16,17)/t10-,11-/m1/s1. The lowest BCUT2D eigenvalue weighted by Gasteiger charge is -2.26. The summed E-state index contributed by atoms with van der Waals surface area (Å²) in [4.78, 5) is 23.3. The lowest BCUT2D eigenvalue weighted by atomic mass is 9.86. The number of ether oxygens (including phenoxy) is 1. The Kier molecular flexibility index (Phi) is 7.34. The molecular weight excluding hydrogens is 251 g/mol. The summed E-state index contributed by atoms with van der Waals surface area (Å²) in [6.07, 6.45) is 1.93. The third-order valence-corrected chi connectivity index (χ3v) is 2.58. The van der Waals surface area contributed by atoms with Gasteiger partial charge in [0, 0.05) is 0 Å². The van der Waals surface area contributed by atoms with Gasteiger partial charge in [0.05, 0.1) is 18.5 Å². The molecule has 0 bridgehead atoms. The van der Waals surface area contributed by atoms with Crippen molar-refractivity contribution in [1.29, 1.82) is 0 Å². The molecule has 0 spiro atoms. The Morgan fingerprint density at radius 1 is 1.37 bits per heavy atom. The molecule has 0 aromatic carbocycles. The number of alkyl halides is 1. The number of halogens is 1. The highest BCUT2D eigenvalue weighted by Crippen LogP contribution is 2.25. The first-order chi connectivity index (χ1) is 8.72. The zero-order chi connectivity index (χ0) is 15.1. The number of aliphatic carboxylic acids is 1. The molecular formula is C14H23FO4. The van der Waals surface area contributed by atoms with Crippen LogP contribution in [0, 0.1) is 11.8 Å². The molecule has 0 saturated heterocycles. The van der Waals surface area contributed by atoms with E-state index < -0.39 is 36.1 Å². The molecule has 0 aliphatic heterocycles. The maximum atomic E-state index is 12.2. The summed E-state index contributed by atoms with van der Waals surface area (Å²) < 4.78 is 17.4. The van der Waals surface area contributed by atoms with Crippen LogP contribution in [0.15, 0.2) is 12.7 Å². The van der Waals surface area contributed by atoms with E-state index >= 15 is 0 Å². The molecule has 0 radical (unpaired) electrons. The number of hydrogen-bond acceptors (Lipinski definition) is 3. The molecule has 5 heteroatoms. The Labute approximate surface area is 113 Å². The fraction of sp³-hybridized carbons (Fsp3) is 0.714. The molecule has 1 N–H and O–H groups in total. The van der Waals surface area contributed by atoms with Gasteiger partial charge in [-0.1, -0.05) is 6.08 Å². The predicted octanol–water partition coefficient (Wildman–Crippen LogP) is 2.97. The Balaban J connectivity index is 4.96. The molecule has 19 heavy (non-hydrogen) atoms. The summed E-state index contributed by atoms with van der Waals surface area (Å²) in [5.41, 5.74) is -0.681. The number of carboxylic acid groups (broad SMARTS) is 1. The second-order valence-electron chi connectivity index (χ2n) is 5.44. The number of hydrogen-bond donors (Lipinski definition) is 1. The van der Waals surface area contributed by atoms with Crippen LogP contribution in [0.2, 0.25) is 0 Å². The monoisotopic (exact) mass is 274 g/mol. The Morgan fingerprint density at radius 2 is 1.95 bits per heavy atom. The van der Waals surface area contributed by atoms with E-state index in [1.54, 1.807) is 20.8 Å². The molecule has 2 atom stereocenters. The van der Waals surface area contributed by atoms with Gasteiger partial charge in [0.1, 0.15) is 5.60 Å². The summed E-state index contributed by atoms with van der Waals surface area (Å²) >= 11 is 0. The van der Waals surface area contributed by atoms with Gasteiger partial charge in [0.15, 0.2) is 0 Å². The second kappa shape index (κ2) is 7.92. The maximum Gasteiger partial charge on any atom is 0.310 e. The maximum absolute atomic E-state index is 12.2. The quantitative estimate of drug-likeness (QED) is 0.546. The van der Waals surface area contributed by atoms with Crippen molar-refractivity contribution in [3.8, 4) is 0 Å². The molecule has 0 aromatic rings. The van der Waals surface area contributed by atoms with E-state index in [-0.39, 0.29) is 19.3 Å². The van der Waals surface area contributed by atoms with E-state index in [9.17, 15) is 19.1 Å². The van der Waals surface area contributed by atoms with Crippen molar-refractivity contribution >= 4 is 11.9 Å². The van der Waals surface area contributed by atoms with Gasteiger partial charge in [-0.25, -0.2) is 0 Å². The van der Waals surface area contributed by atoms with E-state index in [4.69, 9.17) is 4.74 Å². The molecule has 0 heterocycles. The topological polar surface area (TPSA) is 63.6 Å². The van der Waals surface area contributed by atoms with E-state index in [2.05, 4.69) is 6.58 Å². The largest absolute Gasteiger partial charge is 0.481 e. The van der Waals surface area contributed by atoms with Crippen LogP contribution in [-0.4, -0.2) is 29.3 Å². The third-order valence-electron chi connectivity index (χ3n) is 2.58. The smallest absolute Gasteiger partial charge is 0.310 e. The molecule has 0 aliphatic carbocycles. The highest BCUT2D eigenvalue weighted by molar-refractivity contribution is 5.81. The van der Waals surface area contributed by atoms with Gasteiger partial charge < -0.3 is 9.84 Å². The number of carbonyl (C=O) groups is 2. The van der Waals surface area contributed by atoms with Gasteiger partial charge in [-0.2, -0.15) is 0 Å². The van der Waals surface area contributed by atoms with Crippen LogP contribution in [0.4, 0.5) is 4.39 Å². The van der Waals surface area contributed by atoms with Crippen molar-refractivity contribution in [2.75, 3.05) is 6.67 Å². The summed E-state index contributed by atoms with van der Waals surface area (Å²) in [5, 5.41) is 9.18. The second-order valence-corrected chi connectivity index (χ2v) is 5.44. The minimum atomic E-state index is -1.11. The SMILES string of the molecule is C=CC[C@@H](C(=O)OC(C)(C)C)[C@@H](CCCF)C(=O)O. The van der Waals surface area contributed by atoms with Crippen molar-refractivity contribution in [3.63, 3.8) is 0 Å². The van der Waals surface area contributed by atoms with Gasteiger partial charge >= 0.3 is 11.9 Å². The van der Waals surface area contributed by atoms with E-state index in [1.165, 1.54) is 6.08 Å². The first-order valence-electron chi connectivity index (χ1n) is 6.35. The fourth-order valence-corrected chi connectivity index (χ4v) is 1.78. The summed E-state index contributed by atoms with van der Waals surface area (Å²) in [7, 11) is 0. The molecule has 0 rings (SSSR count). The normalized spacial score (nSPS) is 14.5. The number of allylic oxidation sites excluding steroid dienone is 1. The van der Waals surface area contributed by atoms with Crippen molar-refractivity contribution in [1.82, 2.24) is 0 Å². The highest BCUT2D eigenvalue weighted by atomic mass is 19.1. The van der Waals surface area contributed by atoms with Crippen LogP contribution in [0.5, 0.6) is 0 Å². The van der Waals surface area contributed by atoms with Gasteiger partial charge in [0.25, 0.3) is 0 Å². The van der Waals surface area contributed by atoms with Gasteiger partial charge in [0.2, 0.25) is 0 Å². The van der Waals surface area contributed by atoms with Crippen LogP contribution >= 0.6 is 0 Å². The van der Waals surface area contributed by atoms with Crippen LogP contribution in [0.1, 0.15) is 40.0 Å². The van der Waals surface area contributed by atoms with Crippen LogP contribution in [0.3, 0.4) is 0 Å². The van der Waals surface area contributed by atoms with Crippen molar-refractivity contribution in [2.24, 2.45) is 11.8 Å². The van der Waals surface area contributed by atoms with E-state index in [0.29, 0.717) is 0 Å². The van der Waals surface area contributed by atoms with Crippen LogP contribution < -0.4 is 0 Å². The van der Waals surface area contributed by atoms with E-state index in [0.717, 1.165) is 0 Å². The zero-order valence-corrected chi connectivity index (χ0v) is 11.8. The van der Waals surface area contributed by atoms with Crippen molar-refractivity contribution < 1.29 is 23.8 Å². The predicted molar refractivity (Wildman–Crippen MR) is 70.5 cm³/mol. The third kappa shape index (κ3) is 6.94. The van der Waals surface area contributed by atoms with Crippen molar-refractivity contribution in [2.45, 2.75) is 45.6 Å². The fourth-order valence-electron chi connectivity index (χ4n) is 1.78. The number of carboxylic acids is 1. The molecule has 0 saturated carbocycles. The summed E-state index contributed by atoms with van der Waals surface area (Å²) in [6, 6.07) is 0. The zero-order valence-electron chi connectivity index (χ0n) is 11.8. The van der Waals surface area contributed by atoms with Crippen LogP contribution in [-0.2, 0) is 14.3 Å². The minimum absolute atomic E-state index is 0.115. The average Bonchev–Trinajstić information content (AvgIpc) is 2.25. The molecule has 0 aromatic heterocycles. The van der Waals surface area contributed by atoms with Gasteiger partial charge in [-0.05, 0) is 40.0 Å². The van der Waals surface area contributed by atoms with Gasteiger partial charge in [-0.15, -0.1) is 6.58 Å². The van der Waals surface area contributed by atoms with Crippen molar-refractivity contribution in [3.05, 3.63) is 12.7 Å². The summed E-state index contributed by atoms with van der Waals surface area (Å²) in [5.74, 6) is -3.44. The first kappa shape index (κ1) is 17.6. The minimum Gasteiger partial charge on any atom is -0.481 e. The molecule has 110 valence electrons. The lowest BCUT2D eigenvalue weighted by molar-refractivity contribution is -0.166. The molecule has 0 aliphatic rings.